The number of aromatic nitrogens is 2. The van der Waals surface area contributed by atoms with E-state index >= 15 is 0 Å². The molecule has 0 atom stereocenters. The molecule has 3 N–H and O–H groups in total. The predicted molar refractivity (Wildman–Crippen MR) is 79.9 cm³/mol. The molecule has 0 aliphatic heterocycles. The van der Waals surface area contributed by atoms with Gasteiger partial charge in [-0.25, -0.2) is 23.1 Å². The molecule has 1 aromatic heterocycles. The van der Waals surface area contributed by atoms with E-state index in [1.165, 1.54) is 0 Å². The fourth-order valence-electron chi connectivity index (χ4n) is 1.99. The SMILES string of the molecule is Cc1nccc(CNS(=O)(=O)c2ccc(CN)cc2C)n1. The second-order valence-electron chi connectivity index (χ2n) is 4.72. The minimum Gasteiger partial charge on any atom is -0.326 e. The summed E-state index contributed by atoms with van der Waals surface area (Å²) in [4.78, 5) is 8.40. The number of rotatable bonds is 5. The Morgan fingerprint density at radius 1 is 1.24 bits per heavy atom. The van der Waals surface area contributed by atoms with Crippen molar-refractivity contribution in [3.8, 4) is 0 Å². The molecule has 2 aromatic rings. The van der Waals surface area contributed by atoms with Crippen molar-refractivity contribution in [2.75, 3.05) is 0 Å². The van der Waals surface area contributed by atoms with Crippen LogP contribution in [0.1, 0.15) is 22.6 Å². The van der Waals surface area contributed by atoms with Crippen LogP contribution in [0.4, 0.5) is 0 Å². The van der Waals surface area contributed by atoms with E-state index in [1.54, 1.807) is 44.3 Å². The second kappa shape index (κ2) is 6.30. The van der Waals surface area contributed by atoms with Gasteiger partial charge in [-0.05, 0) is 37.1 Å². The Bertz CT molecular complexity index is 744. The quantitative estimate of drug-likeness (QED) is 0.860. The van der Waals surface area contributed by atoms with E-state index in [2.05, 4.69) is 14.7 Å². The summed E-state index contributed by atoms with van der Waals surface area (Å²) in [6, 6.07) is 6.75. The highest BCUT2D eigenvalue weighted by Gasteiger charge is 2.16. The molecule has 7 heteroatoms. The topological polar surface area (TPSA) is 98.0 Å². The minimum atomic E-state index is -3.58. The normalized spacial score (nSPS) is 11.6. The third-order valence-electron chi connectivity index (χ3n) is 3.04. The smallest absolute Gasteiger partial charge is 0.241 e. The Hall–Kier alpha value is -1.83. The maximum Gasteiger partial charge on any atom is 0.241 e. The zero-order valence-corrected chi connectivity index (χ0v) is 12.8. The Kier molecular flexibility index (Phi) is 4.66. The summed E-state index contributed by atoms with van der Waals surface area (Å²) in [6.07, 6.45) is 1.60. The highest BCUT2D eigenvalue weighted by molar-refractivity contribution is 7.89. The van der Waals surface area contributed by atoms with Crippen molar-refractivity contribution in [2.45, 2.75) is 31.8 Å². The highest BCUT2D eigenvalue weighted by Crippen LogP contribution is 2.16. The summed E-state index contributed by atoms with van der Waals surface area (Å²) in [5, 5.41) is 0. The van der Waals surface area contributed by atoms with E-state index < -0.39 is 10.0 Å². The van der Waals surface area contributed by atoms with E-state index in [0.29, 0.717) is 23.6 Å². The number of hydrogen-bond donors (Lipinski definition) is 2. The number of benzene rings is 1. The summed E-state index contributed by atoms with van der Waals surface area (Å²) >= 11 is 0. The van der Waals surface area contributed by atoms with Gasteiger partial charge < -0.3 is 5.73 Å². The largest absolute Gasteiger partial charge is 0.326 e. The van der Waals surface area contributed by atoms with E-state index in [1.807, 2.05) is 0 Å². The zero-order valence-electron chi connectivity index (χ0n) is 12.0. The van der Waals surface area contributed by atoms with Crippen LogP contribution in [0.5, 0.6) is 0 Å². The molecule has 0 fully saturated rings. The molecule has 0 saturated heterocycles. The van der Waals surface area contributed by atoms with Crippen molar-refractivity contribution in [2.24, 2.45) is 5.73 Å². The Morgan fingerprint density at radius 2 is 2.00 bits per heavy atom. The molecule has 0 unspecified atom stereocenters. The van der Waals surface area contributed by atoms with Crippen LogP contribution >= 0.6 is 0 Å². The summed E-state index contributed by atoms with van der Waals surface area (Å²) in [7, 11) is -3.58. The lowest BCUT2D eigenvalue weighted by Gasteiger charge is -2.10. The summed E-state index contributed by atoms with van der Waals surface area (Å²) < 4.78 is 27.2. The molecule has 1 aromatic carbocycles. The number of sulfonamides is 1. The van der Waals surface area contributed by atoms with Gasteiger partial charge in [0.05, 0.1) is 17.1 Å². The van der Waals surface area contributed by atoms with Gasteiger partial charge in [0.2, 0.25) is 10.0 Å². The van der Waals surface area contributed by atoms with E-state index in [4.69, 9.17) is 5.73 Å². The summed E-state index contributed by atoms with van der Waals surface area (Å²) in [6.45, 7) is 4.02. The third-order valence-corrected chi connectivity index (χ3v) is 4.60. The first-order valence-electron chi connectivity index (χ1n) is 6.50. The minimum absolute atomic E-state index is 0.129. The molecule has 0 bridgehead atoms. The van der Waals surface area contributed by atoms with Gasteiger partial charge >= 0.3 is 0 Å². The van der Waals surface area contributed by atoms with Crippen molar-refractivity contribution in [3.05, 3.63) is 53.1 Å². The Labute approximate surface area is 124 Å². The van der Waals surface area contributed by atoms with Crippen molar-refractivity contribution in [3.63, 3.8) is 0 Å². The van der Waals surface area contributed by atoms with Crippen LogP contribution < -0.4 is 10.5 Å². The molecule has 2 rings (SSSR count). The number of hydrogen-bond acceptors (Lipinski definition) is 5. The van der Waals surface area contributed by atoms with Gasteiger partial charge in [-0.2, -0.15) is 0 Å². The van der Waals surface area contributed by atoms with Crippen LogP contribution in [-0.4, -0.2) is 18.4 Å². The van der Waals surface area contributed by atoms with Crippen LogP contribution in [0.15, 0.2) is 35.4 Å². The van der Waals surface area contributed by atoms with Crippen LogP contribution in [0.2, 0.25) is 0 Å². The average molecular weight is 306 g/mol. The molecule has 0 radical (unpaired) electrons. The molecular weight excluding hydrogens is 288 g/mol. The molecule has 0 aliphatic rings. The lowest BCUT2D eigenvalue weighted by atomic mass is 10.1. The molecule has 0 aliphatic carbocycles. The van der Waals surface area contributed by atoms with E-state index in [0.717, 1.165) is 5.56 Å². The molecule has 21 heavy (non-hydrogen) atoms. The van der Waals surface area contributed by atoms with E-state index in [9.17, 15) is 8.42 Å². The average Bonchev–Trinajstić information content (AvgIpc) is 2.45. The van der Waals surface area contributed by atoms with Crippen molar-refractivity contribution in [1.82, 2.24) is 14.7 Å². The first-order valence-corrected chi connectivity index (χ1v) is 7.98. The first kappa shape index (κ1) is 15.6. The number of nitrogens with two attached hydrogens (primary N) is 1. The second-order valence-corrected chi connectivity index (χ2v) is 6.46. The molecule has 0 amide bonds. The monoisotopic (exact) mass is 306 g/mol. The zero-order chi connectivity index (χ0) is 15.5. The standard InChI is InChI=1S/C14H18N4O2S/c1-10-7-12(8-15)3-4-14(10)21(19,20)17-9-13-5-6-16-11(2)18-13/h3-7,17H,8-9,15H2,1-2H3. The van der Waals surface area contributed by atoms with Crippen LogP contribution in [0.3, 0.4) is 0 Å². The van der Waals surface area contributed by atoms with E-state index in [-0.39, 0.29) is 11.4 Å². The lowest BCUT2D eigenvalue weighted by molar-refractivity contribution is 0.579. The van der Waals surface area contributed by atoms with Crippen LogP contribution in [0, 0.1) is 13.8 Å². The maximum absolute atomic E-state index is 12.3. The van der Waals surface area contributed by atoms with Crippen molar-refractivity contribution < 1.29 is 8.42 Å². The number of nitrogens with zero attached hydrogens (tertiary/aromatic N) is 2. The Morgan fingerprint density at radius 3 is 2.62 bits per heavy atom. The van der Waals surface area contributed by atoms with Crippen molar-refractivity contribution >= 4 is 10.0 Å². The van der Waals surface area contributed by atoms with Gasteiger partial charge in [0.25, 0.3) is 0 Å². The first-order chi connectivity index (χ1) is 9.92. The predicted octanol–water partition coefficient (Wildman–Crippen LogP) is 1.03. The van der Waals surface area contributed by atoms with Gasteiger partial charge in [0.15, 0.2) is 0 Å². The fraction of sp³-hybridized carbons (Fsp3) is 0.286. The van der Waals surface area contributed by atoms with Crippen LogP contribution in [0.25, 0.3) is 0 Å². The van der Waals surface area contributed by atoms with Crippen LogP contribution in [-0.2, 0) is 23.1 Å². The number of aryl methyl sites for hydroxylation is 2. The molecular formula is C14H18N4O2S. The highest BCUT2D eigenvalue weighted by atomic mass is 32.2. The van der Waals surface area contributed by atoms with Gasteiger partial charge in [0.1, 0.15) is 5.82 Å². The Balaban J connectivity index is 2.19. The van der Waals surface area contributed by atoms with Gasteiger partial charge in [-0.15, -0.1) is 0 Å². The summed E-state index contributed by atoms with van der Waals surface area (Å²) in [5.74, 6) is 0.607. The summed E-state index contributed by atoms with van der Waals surface area (Å²) in [5.41, 5.74) is 7.75. The lowest BCUT2D eigenvalue weighted by Crippen LogP contribution is -2.24. The maximum atomic E-state index is 12.3. The fourth-order valence-corrected chi connectivity index (χ4v) is 3.21. The molecule has 6 nitrogen and oxygen atoms in total. The molecule has 0 spiro atoms. The molecule has 1 heterocycles. The molecule has 0 saturated carbocycles. The molecule has 112 valence electrons. The third kappa shape index (κ3) is 3.84. The van der Waals surface area contributed by atoms with Crippen molar-refractivity contribution in [1.29, 1.82) is 0 Å². The van der Waals surface area contributed by atoms with Gasteiger partial charge in [0, 0.05) is 12.7 Å². The van der Waals surface area contributed by atoms with Gasteiger partial charge in [-0.3, -0.25) is 0 Å². The number of nitrogens with one attached hydrogen (secondary N) is 1. The van der Waals surface area contributed by atoms with Gasteiger partial charge in [-0.1, -0.05) is 12.1 Å².